The van der Waals surface area contributed by atoms with Gasteiger partial charge in [0.25, 0.3) is 0 Å². The van der Waals surface area contributed by atoms with Crippen LogP contribution in [-0.2, 0) is 10.1 Å². The zero-order valence-electron chi connectivity index (χ0n) is 8.94. The molecule has 0 aromatic rings. The molecule has 0 saturated heterocycles. The molecule has 0 bridgehead atoms. The quantitative estimate of drug-likeness (QED) is 0.612. The molecule has 0 amide bonds. The van der Waals surface area contributed by atoms with Crippen molar-refractivity contribution in [1.29, 1.82) is 0 Å². The molecule has 0 aromatic heterocycles. The van der Waals surface area contributed by atoms with Gasteiger partial charge in [0.05, 0.1) is 0 Å². The lowest BCUT2D eigenvalue weighted by Gasteiger charge is -2.28. The van der Waals surface area contributed by atoms with E-state index in [1.807, 2.05) is 14.1 Å². The topological polar surface area (TPSA) is 66.4 Å². The second-order valence-corrected chi connectivity index (χ2v) is 4.42. The van der Waals surface area contributed by atoms with Crippen LogP contribution >= 0.6 is 0 Å². The summed E-state index contributed by atoms with van der Waals surface area (Å²) in [6.07, 6.45) is 0. The molecular weight excluding hydrogens is 280 g/mol. The fraction of sp³-hybridized carbons (Fsp3) is 1.00. The lowest BCUT2D eigenvalue weighted by molar-refractivity contribution is -0.273. The maximum Gasteiger partial charge on any atom is 0.437 e. The number of rotatable bonds is 3. The zero-order valence-corrected chi connectivity index (χ0v) is 9.76. The molecule has 0 aliphatic heterocycles. The number of nitrogens with one attached hydrogen (secondary N) is 1. The minimum atomic E-state index is -6.61. The molecule has 2 N–H and O–H groups in total. The zero-order chi connectivity index (χ0) is 14.7. The molecule has 0 saturated carbocycles. The summed E-state index contributed by atoms with van der Waals surface area (Å²) in [5.41, 5.74) is 0. The molecule has 0 atom stereocenters. The smallest absolute Gasteiger partial charge is 0.323 e. The minimum Gasteiger partial charge on any atom is -0.323 e. The van der Waals surface area contributed by atoms with Crippen molar-refractivity contribution in [2.24, 2.45) is 0 Å². The molecule has 0 unspecified atom stereocenters. The Labute approximate surface area is 93.7 Å². The first-order chi connectivity index (χ1) is 7.16. The van der Waals surface area contributed by atoms with E-state index in [4.69, 9.17) is 4.55 Å². The average molecular weight is 291 g/mol. The number of hydrogen-bond acceptors (Lipinski definition) is 3. The van der Waals surface area contributed by atoms with Gasteiger partial charge < -0.3 is 5.32 Å². The molecule has 0 aliphatic carbocycles. The average Bonchev–Trinajstić information content (AvgIpc) is 2.00. The van der Waals surface area contributed by atoms with Gasteiger partial charge in [0.2, 0.25) is 0 Å². The van der Waals surface area contributed by atoms with Crippen molar-refractivity contribution in [2.75, 3.05) is 14.1 Å². The van der Waals surface area contributed by atoms with Crippen LogP contribution in [0.2, 0.25) is 0 Å². The van der Waals surface area contributed by atoms with Gasteiger partial charge in [0.1, 0.15) is 0 Å². The van der Waals surface area contributed by atoms with Crippen molar-refractivity contribution >= 4 is 10.1 Å². The van der Waals surface area contributed by atoms with E-state index < -0.39 is 34.1 Å². The van der Waals surface area contributed by atoms with Crippen LogP contribution in [0.1, 0.15) is 6.92 Å². The summed E-state index contributed by atoms with van der Waals surface area (Å²) in [4.78, 5) is 0. The molecular formula is C6H11F6NO3S. The standard InChI is InChI=1S/C4H4F6O3S.C2H7N/c1-2(5,6)3(7,8)4(9,10)14(11,12)13;1-3-2/h1H3,(H,11,12,13);3H,1-2H3. The van der Waals surface area contributed by atoms with Crippen LogP contribution in [0.25, 0.3) is 0 Å². The molecule has 0 aromatic carbocycles. The molecule has 11 heteroatoms. The van der Waals surface area contributed by atoms with Crippen molar-refractivity contribution in [3.63, 3.8) is 0 Å². The van der Waals surface area contributed by atoms with Crippen molar-refractivity contribution < 1.29 is 39.3 Å². The summed E-state index contributed by atoms with van der Waals surface area (Å²) >= 11 is 0. The van der Waals surface area contributed by atoms with E-state index in [1.54, 1.807) is 0 Å². The Kier molecular flexibility index (Phi) is 5.97. The Hall–Kier alpha value is -0.550. The van der Waals surface area contributed by atoms with Gasteiger partial charge >= 0.3 is 27.2 Å². The summed E-state index contributed by atoms with van der Waals surface area (Å²) in [5, 5.41) is -3.49. The lowest BCUT2D eigenvalue weighted by Crippen LogP contribution is -2.56. The van der Waals surface area contributed by atoms with E-state index in [-0.39, 0.29) is 0 Å². The molecule has 0 rings (SSSR count). The minimum absolute atomic E-state index is 0.591. The van der Waals surface area contributed by atoms with E-state index in [2.05, 4.69) is 5.32 Å². The van der Waals surface area contributed by atoms with Crippen LogP contribution < -0.4 is 5.32 Å². The summed E-state index contributed by atoms with van der Waals surface area (Å²) in [6, 6.07) is 0. The Bertz CT molecular complexity index is 336. The Morgan fingerprint density at radius 3 is 1.29 bits per heavy atom. The highest BCUT2D eigenvalue weighted by Gasteiger charge is 2.75. The van der Waals surface area contributed by atoms with Crippen LogP contribution in [0.3, 0.4) is 0 Å². The Morgan fingerprint density at radius 2 is 1.24 bits per heavy atom. The predicted molar refractivity (Wildman–Crippen MR) is 47.0 cm³/mol. The highest BCUT2D eigenvalue weighted by Crippen LogP contribution is 2.47. The van der Waals surface area contributed by atoms with E-state index in [0.29, 0.717) is 0 Å². The highest BCUT2D eigenvalue weighted by atomic mass is 32.2. The van der Waals surface area contributed by atoms with Gasteiger partial charge in [-0.2, -0.15) is 34.8 Å². The fourth-order valence-electron chi connectivity index (χ4n) is 0.418. The van der Waals surface area contributed by atoms with Gasteiger partial charge in [0.15, 0.2) is 0 Å². The normalized spacial score (nSPS) is 14.0. The molecule has 0 aliphatic rings. The first-order valence-electron chi connectivity index (χ1n) is 3.85. The number of hydrogen-bond donors (Lipinski definition) is 2. The van der Waals surface area contributed by atoms with Crippen molar-refractivity contribution in [2.45, 2.75) is 24.0 Å². The van der Waals surface area contributed by atoms with Crippen LogP contribution in [-0.4, -0.2) is 44.2 Å². The first-order valence-corrected chi connectivity index (χ1v) is 5.29. The molecule has 0 heterocycles. The van der Waals surface area contributed by atoms with E-state index >= 15 is 0 Å². The third kappa shape index (κ3) is 4.00. The monoisotopic (exact) mass is 291 g/mol. The summed E-state index contributed by atoms with van der Waals surface area (Å²) in [7, 11) is -2.86. The molecule has 0 spiro atoms. The van der Waals surface area contributed by atoms with Gasteiger partial charge in [0, 0.05) is 6.92 Å². The lowest BCUT2D eigenvalue weighted by atomic mass is 10.2. The van der Waals surface area contributed by atoms with Crippen molar-refractivity contribution in [1.82, 2.24) is 5.32 Å². The van der Waals surface area contributed by atoms with Gasteiger partial charge in [-0.1, -0.05) is 0 Å². The summed E-state index contributed by atoms with van der Waals surface area (Å²) < 4.78 is 99.6. The van der Waals surface area contributed by atoms with Gasteiger partial charge in [-0.05, 0) is 14.1 Å². The molecule has 17 heavy (non-hydrogen) atoms. The second kappa shape index (κ2) is 5.40. The van der Waals surface area contributed by atoms with Crippen molar-refractivity contribution in [3.05, 3.63) is 0 Å². The summed E-state index contributed by atoms with van der Waals surface area (Å²) in [5.74, 6) is -11.5. The largest absolute Gasteiger partial charge is 0.437 e. The second-order valence-electron chi connectivity index (χ2n) is 2.95. The maximum atomic E-state index is 12.2. The van der Waals surface area contributed by atoms with Gasteiger partial charge in [-0.15, -0.1) is 0 Å². The summed E-state index contributed by atoms with van der Waals surface area (Å²) in [6.45, 7) is -0.591. The van der Waals surface area contributed by atoms with E-state index in [9.17, 15) is 34.8 Å². The first kappa shape index (κ1) is 18.8. The number of alkyl halides is 6. The third-order valence-corrected chi connectivity index (χ3v) is 2.15. The van der Waals surface area contributed by atoms with E-state index in [0.717, 1.165) is 0 Å². The maximum absolute atomic E-state index is 12.2. The van der Waals surface area contributed by atoms with Crippen LogP contribution in [0.4, 0.5) is 26.3 Å². The molecule has 0 radical (unpaired) electrons. The predicted octanol–water partition coefficient (Wildman–Crippen LogP) is 1.59. The van der Waals surface area contributed by atoms with Crippen molar-refractivity contribution in [3.8, 4) is 0 Å². The molecule has 0 fully saturated rings. The van der Waals surface area contributed by atoms with Gasteiger partial charge in [-0.3, -0.25) is 4.55 Å². The third-order valence-electron chi connectivity index (χ3n) is 1.24. The highest BCUT2D eigenvalue weighted by molar-refractivity contribution is 7.87. The Balaban J connectivity index is 0. The van der Waals surface area contributed by atoms with Crippen LogP contribution in [0, 0.1) is 0 Å². The van der Waals surface area contributed by atoms with E-state index in [1.165, 1.54) is 0 Å². The Morgan fingerprint density at radius 1 is 1.00 bits per heavy atom. The molecule has 4 nitrogen and oxygen atoms in total. The fourth-order valence-corrected chi connectivity index (χ4v) is 0.921. The number of halogens is 6. The van der Waals surface area contributed by atoms with Crippen LogP contribution in [0.15, 0.2) is 0 Å². The SMILES string of the molecule is CC(F)(F)C(F)(F)C(F)(F)S(=O)(=O)O.CNC. The van der Waals surface area contributed by atoms with Crippen LogP contribution in [0.5, 0.6) is 0 Å². The van der Waals surface area contributed by atoms with Gasteiger partial charge in [-0.25, -0.2) is 0 Å². The molecule has 106 valence electrons.